The Balaban J connectivity index is 1.76. The average Bonchev–Trinajstić information content (AvgIpc) is 2.90. The summed E-state index contributed by atoms with van der Waals surface area (Å²) in [4.78, 5) is 0. The van der Waals surface area contributed by atoms with Crippen molar-refractivity contribution < 1.29 is 0 Å². The normalized spacial score (nSPS) is 19.1. The van der Waals surface area contributed by atoms with Gasteiger partial charge in [-0.1, -0.05) is 67.6 Å². The summed E-state index contributed by atoms with van der Waals surface area (Å²) in [6.45, 7) is 3.34. The van der Waals surface area contributed by atoms with E-state index in [1.807, 2.05) is 0 Å². The van der Waals surface area contributed by atoms with Gasteiger partial charge in [-0.05, 0) is 23.1 Å². The van der Waals surface area contributed by atoms with Crippen molar-refractivity contribution in [2.45, 2.75) is 12.8 Å². The molecule has 0 spiro atoms. The molecule has 1 nitrogen and oxygen atoms in total. The lowest BCUT2D eigenvalue weighted by molar-refractivity contribution is 0.591. The van der Waals surface area contributed by atoms with Gasteiger partial charge in [0.25, 0.3) is 0 Å². The number of benzene rings is 2. The standard InChI is InChI=1S/C18H19N/c1-14(11-12-15-7-3-2-4-8-15)17-13-19-18-10-6-5-9-16(17)18/h2-12,14,17,19H,13H2,1H3/b12-11+. The van der Waals surface area contributed by atoms with Crippen molar-refractivity contribution in [3.05, 3.63) is 71.8 Å². The number of rotatable bonds is 3. The number of hydrogen-bond acceptors (Lipinski definition) is 1. The molecule has 3 rings (SSSR count). The molecule has 1 N–H and O–H groups in total. The maximum atomic E-state index is 3.50. The molecule has 2 aromatic rings. The Morgan fingerprint density at radius 2 is 1.79 bits per heavy atom. The van der Waals surface area contributed by atoms with Gasteiger partial charge in [-0.25, -0.2) is 0 Å². The zero-order valence-corrected chi connectivity index (χ0v) is 11.2. The topological polar surface area (TPSA) is 12.0 Å². The first-order chi connectivity index (χ1) is 9.34. The Kier molecular flexibility index (Phi) is 3.37. The third-order valence-corrected chi connectivity index (χ3v) is 3.90. The smallest absolute Gasteiger partial charge is 0.0376 e. The minimum Gasteiger partial charge on any atom is -0.384 e. The Bertz CT molecular complexity index is 571. The Labute approximate surface area is 115 Å². The lowest BCUT2D eigenvalue weighted by atomic mass is 9.88. The van der Waals surface area contributed by atoms with Crippen LogP contribution in [0.5, 0.6) is 0 Å². The molecule has 0 radical (unpaired) electrons. The van der Waals surface area contributed by atoms with Crippen LogP contribution in [-0.2, 0) is 0 Å². The van der Waals surface area contributed by atoms with E-state index in [-0.39, 0.29) is 0 Å². The number of anilines is 1. The molecule has 2 unspecified atom stereocenters. The lowest BCUT2D eigenvalue weighted by Crippen LogP contribution is -2.09. The third kappa shape index (κ3) is 2.55. The highest BCUT2D eigenvalue weighted by Gasteiger charge is 2.24. The number of para-hydroxylation sites is 1. The maximum Gasteiger partial charge on any atom is 0.0376 e. The monoisotopic (exact) mass is 249 g/mol. The van der Waals surface area contributed by atoms with Gasteiger partial charge in [-0.2, -0.15) is 0 Å². The summed E-state index contributed by atoms with van der Waals surface area (Å²) < 4.78 is 0. The van der Waals surface area contributed by atoms with E-state index in [0.29, 0.717) is 11.8 Å². The van der Waals surface area contributed by atoms with Crippen molar-refractivity contribution in [3.8, 4) is 0 Å². The van der Waals surface area contributed by atoms with Gasteiger partial charge in [0.05, 0.1) is 0 Å². The Morgan fingerprint density at radius 1 is 1.05 bits per heavy atom. The molecule has 1 heterocycles. The van der Waals surface area contributed by atoms with E-state index < -0.39 is 0 Å². The fourth-order valence-corrected chi connectivity index (χ4v) is 2.74. The number of hydrogen-bond donors (Lipinski definition) is 1. The van der Waals surface area contributed by atoms with Crippen LogP contribution in [0, 0.1) is 5.92 Å². The van der Waals surface area contributed by atoms with Gasteiger partial charge in [0.1, 0.15) is 0 Å². The van der Waals surface area contributed by atoms with E-state index in [9.17, 15) is 0 Å². The SMILES string of the molecule is CC(/C=C/c1ccccc1)C1CNc2ccccc21. The van der Waals surface area contributed by atoms with Crippen LogP contribution >= 0.6 is 0 Å². The first-order valence-electron chi connectivity index (χ1n) is 6.90. The van der Waals surface area contributed by atoms with Crippen LogP contribution in [-0.4, -0.2) is 6.54 Å². The van der Waals surface area contributed by atoms with Crippen LogP contribution in [0.4, 0.5) is 5.69 Å². The fraction of sp³-hybridized carbons (Fsp3) is 0.222. The Morgan fingerprint density at radius 3 is 2.63 bits per heavy atom. The molecular weight excluding hydrogens is 230 g/mol. The molecule has 0 aromatic heterocycles. The van der Waals surface area contributed by atoms with E-state index in [1.54, 1.807) is 0 Å². The molecule has 0 saturated carbocycles. The second-order valence-electron chi connectivity index (χ2n) is 5.20. The minimum atomic E-state index is 0.538. The zero-order chi connectivity index (χ0) is 13.1. The van der Waals surface area contributed by atoms with E-state index in [0.717, 1.165) is 6.54 Å². The summed E-state index contributed by atoms with van der Waals surface area (Å²) in [5, 5.41) is 3.50. The highest BCUT2D eigenvalue weighted by molar-refractivity contribution is 5.58. The summed E-state index contributed by atoms with van der Waals surface area (Å²) in [6.07, 6.45) is 4.55. The summed E-state index contributed by atoms with van der Waals surface area (Å²) in [7, 11) is 0. The Hall–Kier alpha value is -2.02. The van der Waals surface area contributed by atoms with Crippen molar-refractivity contribution >= 4 is 11.8 Å². The molecule has 1 aliphatic heterocycles. The molecule has 96 valence electrons. The van der Waals surface area contributed by atoms with Crippen molar-refractivity contribution in [2.75, 3.05) is 11.9 Å². The highest BCUT2D eigenvalue weighted by atomic mass is 14.9. The van der Waals surface area contributed by atoms with Crippen LogP contribution in [0.15, 0.2) is 60.7 Å². The average molecular weight is 249 g/mol. The number of fused-ring (bicyclic) bond motifs is 1. The van der Waals surface area contributed by atoms with Crippen LogP contribution < -0.4 is 5.32 Å². The first-order valence-corrected chi connectivity index (χ1v) is 6.90. The van der Waals surface area contributed by atoms with Gasteiger partial charge >= 0.3 is 0 Å². The second kappa shape index (κ2) is 5.31. The van der Waals surface area contributed by atoms with E-state index >= 15 is 0 Å². The molecule has 19 heavy (non-hydrogen) atoms. The van der Waals surface area contributed by atoms with Crippen molar-refractivity contribution in [1.82, 2.24) is 0 Å². The van der Waals surface area contributed by atoms with E-state index in [2.05, 4.69) is 79.0 Å². The lowest BCUT2D eigenvalue weighted by Gasteiger charge is -2.15. The third-order valence-electron chi connectivity index (χ3n) is 3.90. The molecule has 2 aromatic carbocycles. The molecule has 0 fully saturated rings. The summed E-state index contributed by atoms with van der Waals surface area (Å²) in [6, 6.07) is 19.1. The molecule has 1 aliphatic rings. The van der Waals surface area contributed by atoms with Crippen molar-refractivity contribution in [1.29, 1.82) is 0 Å². The van der Waals surface area contributed by atoms with Crippen molar-refractivity contribution in [2.24, 2.45) is 5.92 Å². The number of allylic oxidation sites excluding steroid dienone is 1. The van der Waals surface area contributed by atoms with E-state index in [4.69, 9.17) is 0 Å². The predicted molar refractivity (Wildman–Crippen MR) is 82.3 cm³/mol. The van der Waals surface area contributed by atoms with Gasteiger partial charge in [-0.15, -0.1) is 0 Å². The zero-order valence-electron chi connectivity index (χ0n) is 11.2. The fourth-order valence-electron chi connectivity index (χ4n) is 2.74. The molecule has 2 atom stereocenters. The molecule has 0 bridgehead atoms. The molecule has 1 heteroatoms. The van der Waals surface area contributed by atoms with Gasteiger partial charge in [-0.3, -0.25) is 0 Å². The van der Waals surface area contributed by atoms with Gasteiger partial charge in [0, 0.05) is 18.2 Å². The van der Waals surface area contributed by atoms with Crippen LogP contribution in [0.3, 0.4) is 0 Å². The van der Waals surface area contributed by atoms with Crippen molar-refractivity contribution in [3.63, 3.8) is 0 Å². The van der Waals surface area contributed by atoms with Gasteiger partial charge in [0.15, 0.2) is 0 Å². The molecule has 0 amide bonds. The predicted octanol–water partition coefficient (Wildman–Crippen LogP) is 4.55. The molecule has 0 aliphatic carbocycles. The quantitative estimate of drug-likeness (QED) is 0.841. The van der Waals surface area contributed by atoms with Crippen LogP contribution in [0.25, 0.3) is 6.08 Å². The summed E-state index contributed by atoms with van der Waals surface area (Å²) in [5.41, 5.74) is 4.02. The van der Waals surface area contributed by atoms with E-state index in [1.165, 1.54) is 16.8 Å². The van der Waals surface area contributed by atoms with Gasteiger partial charge in [0.2, 0.25) is 0 Å². The summed E-state index contributed by atoms with van der Waals surface area (Å²) >= 11 is 0. The first kappa shape index (κ1) is 12.0. The second-order valence-corrected chi connectivity index (χ2v) is 5.20. The molecular formula is C18H19N. The minimum absolute atomic E-state index is 0.538. The highest BCUT2D eigenvalue weighted by Crippen LogP contribution is 2.36. The maximum absolute atomic E-state index is 3.50. The molecule has 0 saturated heterocycles. The summed E-state index contributed by atoms with van der Waals surface area (Å²) in [5.74, 6) is 1.12. The van der Waals surface area contributed by atoms with Crippen LogP contribution in [0.2, 0.25) is 0 Å². The largest absolute Gasteiger partial charge is 0.384 e. The number of nitrogens with one attached hydrogen (secondary N) is 1. The van der Waals surface area contributed by atoms with Gasteiger partial charge < -0.3 is 5.32 Å². The van der Waals surface area contributed by atoms with Crippen LogP contribution in [0.1, 0.15) is 24.0 Å².